The summed E-state index contributed by atoms with van der Waals surface area (Å²) in [5.41, 5.74) is 2.14. The van der Waals surface area contributed by atoms with Crippen LogP contribution >= 0.6 is 0 Å². The van der Waals surface area contributed by atoms with Gasteiger partial charge in [0.05, 0.1) is 19.0 Å². The number of nitrogens with one attached hydrogen (secondary N) is 3. The van der Waals surface area contributed by atoms with E-state index in [2.05, 4.69) is 27.6 Å². The van der Waals surface area contributed by atoms with E-state index in [4.69, 9.17) is 4.74 Å². The number of carbonyl (C=O) groups is 2. The summed E-state index contributed by atoms with van der Waals surface area (Å²) in [6.45, 7) is 3.91. The monoisotopic (exact) mass is 391 g/mol. The molecule has 29 heavy (non-hydrogen) atoms. The van der Waals surface area contributed by atoms with Crippen LogP contribution in [0.15, 0.2) is 73.4 Å². The van der Waals surface area contributed by atoms with Crippen LogP contribution in [0.5, 0.6) is 5.75 Å². The second-order valence-electron chi connectivity index (χ2n) is 5.98. The van der Waals surface area contributed by atoms with Crippen molar-refractivity contribution < 1.29 is 14.3 Å². The van der Waals surface area contributed by atoms with Crippen LogP contribution in [0.2, 0.25) is 0 Å². The van der Waals surface area contributed by atoms with Gasteiger partial charge in [-0.3, -0.25) is 4.79 Å². The summed E-state index contributed by atoms with van der Waals surface area (Å²) < 4.78 is 6.88. The first-order valence-corrected chi connectivity index (χ1v) is 8.87. The lowest BCUT2D eigenvalue weighted by molar-refractivity contribution is 0.101. The van der Waals surface area contributed by atoms with Crippen LogP contribution in [-0.2, 0) is 0 Å². The Morgan fingerprint density at radius 1 is 1.07 bits per heavy atom. The highest BCUT2D eigenvalue weighted by molar-refractivity contribution is 6.04. The molecule has 0 saturated carbocycles. The van der Waals surface area contributed by atoms with Gasteiger partial charge in [-0.15, -0.1) is 6.58 Å². The van der Waals surface area contributed by atoms with Gasteiger partial charge in [-0.1, -0.05) is 24.3 Å². The average molecular weight is 391 g/mol. The molecule has 0 spiro atoms. The second-order valence-corrected chi connectivity index (χ2v) is 5.98. The zero-order valence-corrected chi connectivity index (χ0v) is 15.9. The number of anilines is 2. The van der Waals surface area contributed by atoms with Gasteiger partial charge in [0, 0.05) is 17.9 Å². The molecule has 1 heterocycles. The van der Waals surface area contributed by atoms with Crippen molar-refractivity contribution >= 4 is 23.3 Å². The number of hydrogen-bond donors (Lipinski definition) is 3. The van der Waals surface area contributed by atoms with Crippen molar-refractivity contribution in [3.8, 4) is 11.4 Å². The predicted octanol–water partition coefficient (Wildman–Crippen LogP) is 3.44. The number of amides is 3. The molecule has 3 aromatic rings. The number of urea groups is 1. The highest BCUT2D eigenvalue weighted by atomic mass is 16.5. The van der Waals surface area contributed by atoms with E-state index in [1.54, 1.807) is 41.2 Å². The number of para-hydroxylation sites is 1. The van der Waals surface area contributed by atoms with Crippen LogP contribution in [0.1, 0.15) is 10.5 Å². The molecule has 3 N–H and O–H groups in total. The van der Waals surface area contributed by atoms with E-state index in [1.165, 1.54) is 7.11 Å². The smallest absolute Gasteiger partial charge is 0.319 e. The lowest BCUT2D eigenvalue weighted by atomic mass is 10.2. The maximum Gasteiger partial charge on any atom is 0.319 e. The molecule has 3 rings (SSSR count). The number of carbonyl (C=O) groups excluding carboxylic acids is 2. The van der Waals surface area contributed by atoms with Gasteiger partial charge in [0.2, 0.25) is 0 Å². The van der Waals surface area contributed by atoms with E-state index in [9.17, 15) is 9.59 Å². The standard InChI is InChI=1S/C21H21N5O3/c1-3-13-22-21(28)24-16-11-9-15(10-12-16)23-20(27)19-18(29-2)14-26(25-19)17-7-5-4-6-8-17/h3-12,14H,1,13H2,2H3,(H,23,27)(H2,22,24,28). The molecule has 0 saturated heterocycles. The number of hydrogen-bond acceptors (Lipinski definition) is 4. The van der Waals surface area contributed by atoms with Gasteiger partial charge in [-0.05, 0) is 36.4 Å². The van der Waals surface area contributed by atoms with Gasteiger partial charge in [0.1, 0.15) is 0 Å². The Morgan fingerprint density at radius 3 is 2.34 bits per heavy atom. The number of nitrogens with zero attached hydrogens (tertiary/aromatic N) is 2. The number of aromatic nitrogens is 2. The average Bonchev–Trinajstić information content (AvgIpc) is 3.19. The quantitative estimate of drug-likeness (QED) is 0.538. The van der Waals surface area contributed by atoms with Gasteiger partial charge in [-0.25, -0.2) is 9.48 Å². The number of ether oxygens (including phenoxy) is 1. The van der Waals surface area contributed by atoms with Crippen LogP contribution in [0.25, 0.3) is 5.69 Å². The summed E-state index contributed by atoms with van der Waals surface area (Å²) in [4.78, 5) is 24.3. The Kier molecular flexibility index (Phi) is 6.26. The van der Waals surface area contributed by atoms with Crippen LogP contribution in [0.4, 0.5) is 16.2 Å². The molecule has 0 aliphatic heterocycles. The zero-order chi connectivity index (χ0) is 20.6. The molecule has 0 atom stereocenters. The second kappa shape index (κ2) is 9.23. The van der Waals surface area contributed by atoms with E-state index >= 15 is 0 Å². The van der Waals surface area contributed by atoms with Gasteiger partial charge in [0.15, 0.2) is 11.4 Å². The van der Waals surface area contributed by atoms with E-state index < -0.39 is 5.91 Å². The first-order valence-electron chi connectivity index (χ1n) is 8.87. The minimum atomic E-state index is -0.402. The molecule has 1 aromatic heterocycles. The Labute approximate surface area is 168 Å². The fourth-order valence-electron chi connectivity index (χ4n) is 2.55. The van der Waals surface area contributed by atoms with Crippen LogP contribution in [0, 0.1) is 0 Å². The molecule has 2 aromatic carbocycles. The number of methoxy groups -OCH3 is 1. The van der Waals surface area contributed by atoms with Crippen LogP contribution in [-0.4, -0.2) is 35.4 Å². The Hall–Kier alpha value is -4.07. The molecular weight excluding hydrogens is 370 g/mol. The van der Waals surface area contributed by atoms with Gasteiger partial charge in [-0.2, -0.15) is 5.10 Å². The molecule has 0 fully saturated rings. The Morgan fingerprint density at radius 2 is 1.72 bits per heavy atom. The Bertz CT molecular complexity index is 997. The lowest BCUT2D eigenvalue weighted by Crippen LogP contribution is -2.28. The fourth-order valence-corrected chi connectivity index (χ4v) is 2.55. The van der Waals surface area contributed by atoms with Crippen molar-refractivity contribution in [1.82, 2.24) is 15.1 Å². The largest absolute Gasteiger partial charge is 0.493 e. The highest BCUT2D eigenvalue weighted by Crippen LogP contribution is 2.21. The molecule has 0 bridgehead atoms. The SMILES string of the molecule is C=CCNC(=O)Nc1ccc(NC(=O)c2nn(-c3ccccc3)cc2OC)cc1. The third kappa shape index (κ3) is 5.01. The molecule has 0 radical (unpaired) electrons. The van der Waals surface area contributed by atoms with E-state index in [0.717, 1.165) is 5.69 Å². The number of rotatable bonds is 7. The predicted molar refractivity (Wildman–Crippen MR) is 112 cm³/mol. The van der Waals surface area contributed by atoms with Crippen molar-refractivity contribution in [2.75, 3.05) is 24.3 Å². The fraction of sp³-hybridized carbons (Fsp3) is 0.0952. The van der Waals surface area contributed by atoms with Gasteiger partial charge in [0.25, 0.3) is 5.91 Å². The first-order chi connectivity index (χ1) is 14.1. The minimum absolute atomic E-state index is 0.169. The third-order valence-electron chi connectivity index (χ3n) is 3.94. The molecule has 8 heteroatoms. The van der Waals surface area contributed by atoms with Gasteiger partial charge >= 0.3 is 6.03 Å². The third-order valence-corrected chi connectivity index (χ3v) is 3.94. The molecule has 3 amide bonds. The molecule has 0 unspecified atom stereocenters. The maximum absolute atomic E-state index is 12.7. The van der Waals surface area contributed by atoms with E-state index in [-0.39, 0.29) is 11.7 Å². The first kappa shape index (κ1) is 19.7. The molecule has 8 nitrogen and oxygen atoms in total. The number of benzene rings is 2. The summed E-state index contributed by atoms with van der Waals surface area (Å²) in [6, 6.07) is 15.8. The molecular formula is C21H21N5O3. The molecule has 0 aliphatic carbocycles. The normalized spacial score (nSPS) is 10.1. The highest BCUT2D eigenvalue weighted by Gasteiger charge is 2.18. The van der Waals surface area contributed by atoms with Crippen molar-refractivity contribution in [2.45, 2.75) is 0 Å². The lowest BCUT2D eigenvalue weighted by Gasteiger charge is -2.08. The van der Waals surface area contributed by atoms with Crippen molar-refractivity contribution in [3.63, 3.8) is 0 Å². The summed E-state index contributed by atoms with van der Waals surface area (Å²) in [5.74, 6) is -0.0375. The summed E-state index contributed by atoms with van der Waals surface area (Å²) in [5, 5.41) is 12.4. The van der Waals surface area contributed by atoms with Crippen molar-refractivity contribution in [3.05, 3.63) is 79.1 Å². The summed E-state index contributed by atoms with van der Waals surface area (Å²) in [7, 11) is 1.49. The van der Waals surface area contributed by atoms with Crippen LogP contribution in [0.3, 0.4) is 0 Å². The molecule has 0 aliphatic rings. The zero-order valence-electron chi connectivity index (χ0n) is 15.9. The van der Waals surface area contributed by atoms with Crippen LogP contribution < -0.4 is 20.7 Å². The topological polar surface area (TPSA) is 97.3 Å². The minimum Gasteiger partial charge on any atom is -0.493 e. The van der Waals surface area contributed by atoms with Crippen molar-refractivity contribution in [1.29, 1.82) is 0 Å². The van der Waals surface area contributed by atoms with Crippen molar-refractivity contribution in [2.24, 2.45) is 0 Å². The Balaban J connectivity index is 1.69. The maximum atomic E-state index is 12.7. The summed E-state index contributed by atoms with van der Waals surface area (Å²) in [6.07, 6.45) is 3.24. The van der Waals surface area contributed by atoms with E-state index in [1.807, 2.05) is 30.3 Å². The van der Waals surface area contributed by atoms with E-state index in [0.29, 0.717) is 23.7 Å². The summed E-state index contributed by atoms with van der Waals surface area (Å²) >= 11 is 0. The molecule has 148 valence electrons. The van der Waals surface area contributed by atoms with Gasteiger partial charge < -0.3 is 20.7 Å².